The van der Waals surface area contributed by atoms with E-state index in [1.54, 1.807) is 49.8 Å². The molecule has 32 heavy (non-hydrogen) atoms. The van der Waals surface area contributed by atoms with Crippen molar-refractivity contribution in [3.63, 3.8) is 0 Å². The van der Waals surface area contributed by atoms with Gasteiger partial charge in [-0.05, 0) is 85.5 Å². The number of benzene rings is 2. The van der Waals surface area contributed by atoms with Crippen molar-refractivity contribution in [3.8, 4) is 5.75 Å². The van der Waals surface area contributed by atoms with E-state index in [4.69, 9.17) is 4.74 Å². The van der Waals surface area contributed by atoms with Crippen molar-refractivity contribution in [2.45, 2.75) is 26.8 Å². The minimum Gasteiger partial charge on any atom is -0.507 e. The minimum atomic E-state index is -0.775. The van der Waals surface area contributed by atoms with E-state index in [2.05, 4.69) is 4.98 Å². The molecule has 1 unspecified atom stereocenters. The monoisotopic (exact) mass is 428 g/mol. The first kappa shape index (κ1) is 21.3. The van der Waals surface area contributed by atoms with Crippen molar-refractivity contribution in [3.05, 3.63) is 94.3 Å². The molecular formula is C26H24N2O4. The Morgan fingerprint density at radius 1 is 0.938 bits per heavy atom. The second-order valence-corrected chi connectivity index (χ2v) is 7.90. The molecule has 1 fully saturated rings. The highest BCUT2D eigenvalue weighted by atomic mass is 16.5. The van der Waals surface area contributed by atoms with Crippen molar-refractivity contribution >= 4 is 23.1 Å². The molecule has 0 aliphatic carbocycles. The Bertz CT molecular complexity index is 1250. The lowest BCUT2D eigenvalue weighted by Gasteiger charge is -2.26. The summed E-state index contributed by atoms with van der Waals surface area (Å²) < 4.78 is 5.30. The summed E-state index contributed by atoms with van der Waals surface area (Å²) in [6, 6.07) is 13.5. The maximum absolute atomic E-state index is 13.2. The van der Waals surface area contributed by atoms with Crippen LogP contribution >= 0.6 is 0 Å². The number of ether oxygens (including phenoxy) is 1. The van der Waals surface area contributed by atoms with Gasteiger partial charge in [0, 0.05) is 23.6 Å². The van der Waals surface area contributed by atoms with Crippen LogP contribution in [0.15, 0.2) is 66.5 Å². The molecule has 0 radical (unpaired) electrons. The second kappa shape index (κ2) is 8.30. The number of aliphatic hydroxyl groups excluding tert-OH is 1. The van der Waals surface area contributed by atoms with Gasteiger partial charge in [0.2, 0.25) is 0 Å². The molecule has 2 heterocycles. The van der Waals surface area contributed by atoms with Gasteiger partial charge in [-0.1, -0.05) is 6.07 Å². The fourth-order valence-corrected chi connectivity index (χ4v) is 4.02. The lowest BCUT2D eigenvalue weighted by Crippen LogP contribution is -2.29. The third-order valence-electron chi connectivity index (χ3n) is 5.90. The van der Waals surface area contributed by atoms with Crippen LogP contribution in [0.1, 0.15) is 33.9 Å². The number of amides is 1. The van der Waals surface area contributed by atoms with Crippen molar-refractivity contribution in [1.29, 1.82) is 0 Å². The van der Waals surface area contributed by atoms with Crippen LogP contribution < -0.4 is 9.64 Å². The van der Waals surface area contributed by atoms with Crippen molar-refractivity contribution in [1.82, 2.24) is 4.98 Å². The number of ketones is 1. The first-order valence-corrected chi connectivity index (χ1v) is 10.3. The predicted octanol–water partition coefficient (Wildman–Crippen LogP) is 4.64. The molecule has 6 heteroatoms. The number of nitrogens with zero attached hydrogens (tertiary/aromatic N) is 2. The molecular weight excluding hydrogens is 404 g/mol. The highest BCUT2D eigenvalue weighted by molar-refractivity contribution is 6.51. The third-order valence-corrected chi connectivity index (χ3v) is 5.90. The van der Waals surface area contributed by atoms with E-state index in [-0.39, 0.29) is 11.3 Å². The molecule has 1 aromatic heterocycles. The number of methoxy groups -OCH3 is 1. The smallest absolute Gasteiger partial charge is 0.300 e. The first-order valence-electron chi connectivity index (χ1n) is 10.3. The van der Waals surface area contributed by atoms with E-state index in [1.807, 2.05) is 39.0 Å². The average molecular weight is 428 g/mol. The standard InChI is InChI=1S/C26H24N2O4/c1-15-5-7-20(14-16(15)2)28-23(18-9-11-27-12-10-18)22(25(30)26(28)31)24(29)19-6-8-21(32-4)17(3)13-19/h5-14,23,29H,1-4H3/b24-22+. The van der Waals surface area contributed by atoms with E-state index in [0.29, 0.717) is 22.6 Å². The molecule has 0 spiro atoms. The summed E-state index contributed by atoms with van der Waals surface area (Å²) in [7, 11) is 1.57. The maximum atomic E-state index is 13.2. The summed E-state index contributed by atoms with van der Waals surface area (Å²) in [6.45, 7) is 5.79. The molecule has 2 aromatic carbocycles. The zero-order valence-corrected chi connectivity index (χ0v) is 18.4. The van der Waals surface area contributed by atoms with Gasteiger partial charge in [0.25, 0.3) is 11.7 Å². The van der Waals surface area contributed by atoms with E-state index in [9.17, 15) is 14.7 Å². The Morgan fingerprint density at radius 3 is 2.28 bits per heavy atom. The van der Waals surface area contributed by atoms with Crippen LogP contribution in [0.4, 0.5) is 5.69 Å². The molecule has 3 aromatic rings. The van der Waals surface area contributed by atoms with Gasteiger partial charge in [-0.2, -0.15) is 0 Å². The molecule has 6 nitrogen and oxygen atoms in total. The molecule has 1 N–H and O–H groups in total. The molecule has 1 atom stereocenters. The summed E-state index contributed by atoms with van der Waals surface area (Å²) in [6.07, 6.45) is 3.21. The molecule has 1 aliphatic rings. The zero-order chi connectivity index (χ0) is 23.0. The van der Waals surface area contributed by atoms with Gasteiger partial charge in [-0.15, -0.1) is 0 Å². The summed E-state index contributed by atoms with van der Waals surface area (Å²) in [5.74, 6) is -0.956. The van der Waals surface area contributed by atoms with Crippen LogP contribution in [0, 0.1) is 20.8 Å². The average Bonchev–Trinajstić information content (AvgIpc) is 3.06. The number of aliphatic hydroxyl groups is 1. The number of aromatic nitrogens is 1. The van der Waals surface area contributed by atoms with Crippen LogP contribution in [0.25, 0.3) is 5.76 Å². The van der Waals surface area contributed by atoms with Gasteiger partial charge < -0.3 is 9.84 Å². The van der Waals surface area contributed by atoms with E-state index in [0.717, 1.165) is 16.7 Å². The number of anilines is 1. The largest absolute Gasteiger partial charge is 0.507 e. The van der Waals surface area contributed by atoms with E-state index >= 15 is 0 Å². The van der Waals surface area contributed by atoms with E-state index in [1.165, 1.54) is 4.90 Å². The number of rotatable bonds is 4. The van der Waals surface area contributed by atoms with Gasteiger partial charge in [0.05, 0.1) is 18.7 Å². The third kappa shape index (κ3) is 3.54. The Kier molecular flexibility index (Phi) is 5.53. The lowest BCUT2D eigenvalue weighted by atomic mass is 9.95. The molecule has 1 aliphatic heterocycles. The summed E-state index contributed by atoms with van der Waals surface area (Å²) in [4.78, 5) is 31.9. The topological polar surface area (TPSA) is 79.7 Å². The van der Waals surface area contributed by atoms with Gasteiger partial charge in [-0.25, -0.2) is 0 Å². The number of hydrogen-bond acceptors (Lipinski definition) is 5. The Labute approximate surface area is 186 Å². The number of hydrogen-bond donors (Lipinski definition) is 1. The Balaban J connectivity index is 1.94. The van der Waals surface area contributed by atoms with Gasteiger partial charge in [0.15, 0.2) is 0 Å². The Morgan fingerprint density at radius 2 is 1.66 bits per heavy atom. The van der Waals surface area contributed by atoms with Gasteiger partial charge in [-0.3, -0.25) is 19.5 Å². The SMILES string of the molecule is COc1ccc(/C(O)=C2\C(=O)C(=O)N(c3ccc(C)c(C)c3)C2c2ccncc2)cc1C. The Hall–Kier alpha value is -3.93. The van der Waals surface area contributed by atoms with Crippen LogP contribution in [0.5, 0.6) is 5.75 Å². The highest BCUT2D eigenvalue weighted by Crippen LogP contribution is 2.42. The normalized spacial score (nSPS) is 17.6. The number of Topliss-reactive ketones (excluding diaryl/α,β-unsaturated/α-hetero) is 1. The van der Waals surface area contributed by atoms with Crippen molar-refractivity contribution in [2.75, 3.05) is 12.0 Å². The van der Waals surface area contributed by atoms with Crippen LogP contribution in [0.3, 0.4) is 0 Å². The minimum absolute atomic E-state index is 0.0454. The fourth-order valence-electron chi connectivity index (χ4n) is 4.02. The number of carbonyl (C=O) groups is 2. The molecule has 162 valence electrons. The second-order valence-electron chi connectivity index (χ2n) is 7.90. The van der Waals surface area contributed by atoms with E-state index < -0.39 is 17.7 Å². The number of pyridine rings is 1. The maximum Gasteiger partial charge on any atom is 0.300 e. The number of carbonyl (C=O) groups excluding carboxylic acids is 2. The molecule has 4 rings (SSSR count). The summed E-state index contributed by atoms with van der Waals surface area (Å²) >= 11 is 0. The zero-order valence-electron chi connectivity index (χ0n) is 18.4. The lowest BCUT2D eigenvalue weighted by molar-refractivity contribution is -0.132. The van der Waals surface area contributed by atoms with Gasteiger partial charge in [0.1, 0.15) is 11.5 Å². The molecule has 1 saturated heterocycles. The molecule has 0 bridgehead atoms. The van der Waals surface area contributed by atoms with Crippen molar-refractivity contribution in [2.24, 2.45) is 0 Å². The first-order chi connectivity index (χ1) is 15.3. The van der Waals surface area contributed by atoms with Crippen LogP contribution in [-0.2, 0) is 9.59 Å². The summed E-state index contributed by atoms with van der Waals surface area (Å²) in [5, 5.41) is 11.2. The van der Waals surface area contributed by atoms with Crippen molar-refractivity contribution < 1.29 is 19.4 Å². The predicted molar refractivity (Wildman–Crippen MR) is 123 cm³/mol. The van der Waals surface area contributed by atoms with Gasteiger partial charge >= 0.3 is 0 Å². The van der Waals surface area contributed by atoms with Crippen LogP contribution in [0.2, 0.25) is 0 Å². The highest BCUT2D eigenvalue weighted by Gasteiger charge is 2.47. The number of aryl methyl sites for hydroxylation is 3. The molecule has 1 amide bonds. The molecule has 0 saturated carbocycles. The quantitative estimate of drug-likeness (QED) is 0.372. The summed E-state index contributed by atoms with van der Waals surface area (Å²) in [5.41, 5.74) is 4.67. The van der Waals surface area contributed by atoms with Crippen LogP contribution in [-0.4, -0.2) is 28.9 Å². The fraction of sp³-hybridized carbons (Fsp3) is 0.192.